The SMILES string of the molecule is COC(CS(=O)(=O)c1ccc([N+](=O)[O-])cc1)OC. The molecule has 0 saturated carbocycles. The van der Waals surface area contributed by atoms with Crippen molar-refractivity contribution in [2.45, 2.75) is 11.2 Å². The van der Waals surface area contributed by atoms with Crippen molar-refractivity contribution in [3.05, 3.63) is 34.4 Å². The van der Waals surface area contributed by atoms with E-state index in [1.807, 2.05) is 0 Å². The maximum Gasteiger partial charge on any atom is 0.269 e. The van der Waals surface area contributed by atoms with Crippen molar-refractivity contribution in [3.63, 3.8) is 0 Å². The molecule has 0 fully saturated rings. The number of methoxy groups -OCH3 is 2. The molecule has 0 radical (unpaired) electrons. The molecule has 0 aliphatic heterocycles. The van der Waals surface area contributed by atoms with Gasteiger partial charge < -0.3 is 9.47 Å². The average molecular weight is 275 g/mol. The minimum atomic E-state index is -3.60. The molecule has 8 heteroatoms. The highest BCUT2D eigenvalue weighted by atomic mass is 32.2. The maximum absolute atomic E-state index is 11.9. The van der Waals surface area contributed by atoms with E-state index in [2.05, 4.69) is 0 Å². The van der Waals surface area contributed by atoms with Crippen LogP contribution in [-0.4, -0.2) is 39.6 Å². The van der Waals surface area contributed by atoms with Crippen LogP contribution in [0.3, 0.4) is 0 Å². The third-order valence-corrected chi connectivity index (χ3v) is 3.99. The lowest BCUT2D eigenvalue weighted by Crippen LogP contribution is -2.24. The van der Waals surface area contributed by atoms with Crippen LogP contribution in [0.15, 0.2) is 29.2 Å². The molecule has 0 N–H and O–H groups in total. The predicted molar refractivity (Wildman–Crippen MR) is 63.0 cm³/mol. The lowest BCUT2D eigenvalue weighted by Gasteiger charge is -2.13. The molecule has 100 valence electrons. The first-order chi connectivity index (χ1) is 8.40. The molecule has 0 amide bonds. The number of nitro benzene ring substituents is 1. The van der Waals surface area contributed by atoms with Gasteiger partial charge in [0.25, 0.3) is 5.69 Å². The Hall–Kier alpha value is -1.51. The number of benzene rings is 1. The Morgan fingerprint density at radius 3 is 2.11 bits per heavy atom. The third kappa shape index (κ3) is 3.49. The van der Waals surface area contributed by atoms with Crippen molar-refractivity contribution >= 4 is 15.5 Å². The topological polar surface area (TPSA) is 95.7 Å². The number of hydrogen-bond acceptors (Lipinski definition) is 6. The Morgan fingerprint density at radius 2 is 1.72 bits per heavy atom. The van der Waals surface area contributed by atoms with Gasteiger partial charge >= 0.3 is 0 Å². The Morgan fingerprint density at radius 1 is 1.22 bits per heavy atom. The van der Waals surface area contributed by atoms with Gasteiger partial charge in [-0.3, -0.25) is 10.1 Å². The van der Waals surface area contributed by atoms with Crippen molar-refractivity contribution < 1.29 is 22.8 Å². The number of rotatable bonds is 6. The Bertz CT molecular complexity index is 506. The lowest BCUT2D eigenvalue weighted by atomic mass is 10.3. The number of ether oxygens (including phenoxy) is 2. The van der Waals surface area contributed by atoms with Gasteiger partial charge in [-0.1, -0.05) is 0 Å². The molecule has 0 saturated heterocycles. The van der Waals surface area contributed by atoms with Crippen molar-refractivity contribution in [2.75, 3.05) is 20.0 Å². The molecule has 1 rings (SSSR count). The molecule has 0 aliphatic carbocycles. The van der Waals surface area contributed by atoms with Crippen LogP contribution in [0.25, 0.3) is 0 Å². The van der Waals surface area contributed by atoms with E-state index in [1.54, 1.807) is 0 Å². The zero-order valence-corrected chi connectivity index (χ0v) is 10.7. The van der Waals surface area contributed by atoms with E-state index in [9.17, 15) is 18.5 Å². The predicted octanol–water partition coefficient (Wildman–Crippen LogP) is 0.987. The van der Waals surface area contributed by atoms with Crippen LogP contribution >= 0.6 is 0 Å². The van der Waals surface area contributed by atoms with Crippen molar-refractivity contribution in [1.29, 1.82) is 0 Å². The summed E-state index contributed by atoms with van der Waals surface area (Å²) in [5.41, 5.74) is -0.163. The number of non-ortho nitro benzene ring substituents is 1. The second kappa shape index (κ2) is 5.89. The van der Waals surface area contributed by atoms with E-state index in [0.29, 0.717) is 0 Å². The summed E-state index contributed by atoms with van der Waals surface area (Å²) >= 11 is 0. The fourth-order valence-electron chi connectivity index (χ4n) is 1.28. The van der Waals surface area contributed by atoms with Crippen LogP contribution in [0.4, 0.5) is 5.69 Å². The highest BCUT2D eigenvalue weighted by Crippen LogP contribution is 2.18. The molecule has 1 aromatic rings. The van der Waals surface area contributed by atoms with Gasteiger partial charge in [-0.15, -0.1) is 0 Å². The maximum atomic E-state index is 11.9. The van der Waals surface area contributed by atoms with Gasteiger partial charge in [0.1, 0.15) is 5.75 Å². The normalized spacial score (nSPS) is 11.7. The Kier molecular flexibility index (Phi) is 4.76. The molecule has 1 aromatic carbocycles. The van der Waals surface area contributed by atoms with Crippen molar-refractivity contribution in [2.24, 2.45) is 0 Å². The first kappa shape index (κ1) is 14.6. The van der Waals surface area contributed by atoms with Crippen LogP contribution in [0.2, 0.25) is 0 Å². The number of hydrogen-bond donors (Lipinski definition) is 0. The van der Waals surface area contributed by atoms with Gasteiger partial charge in [-0.25, -0.2) is 8.42 Å². The molecule has 0 aromatic heterocycles. The third-order valence-electron chi connectivity index (χ3n) is 2.29. The molecule has 0 unspecified atom stereocenters. The second-order valence-corrected chi connectivity index (χ2v) is 5.47. The summed E-state index contributed by atoms with van der Waals surface area (Å²) in [4.78, 5) is 9.85. The number of nitrogens with zero attached hydrogens (tertiary/aromatic N) is 1. The quantitative estimate of drug-likeness (QED) is 0.436. The standard InChI is InChI=1S/C10H13NO6S/c1-16-10(17-2)7-18(14,15)9-5-3-8(4-6-9)11(12)13/h3-6,10H,7H2,1-2H3. The minimum Gasteiger partial charge on any atom is -0.355 e. The highest BCUT2D eigenvalue weighted by molar-refractivity contribution is 7.91. The van der Waals surface area contributed by atoms with Gasteiger partial charge in [0.2, 0.25) is 0 Å². The molecule has 0 aliphatic rings. The summed E-state index contributed by atoms with van der Waals surface area (Å²) < 4.78 is 33.4. The number of nitro groups is 1. The monoisotopic (exact) mass is 275 g/mol. The zero-order chi connectivity index (χ0) is 13.8. The van der Waals surface area contributed by atoms with Crippen molar-refractivity contribution in [1.82, 2.24) is 0 Å². The van der Waals surface area contributed by atoms with E-state index in [4.69, 9.17) is 9.47 Å². The van der Waals surface area contributed by atoms with Crippen LogP contribution in [-0.2, 0) is 19.3 Å². The highest BCUT2D eigenvalue weighted by Gasteiger charge is 2.21. The van der Waals surface area contributed by atoms with Gasteiger partial charge in [0, 0.05) is 26.4 Å². The lowest BCUT2D eigenvalue weighted by molar-refractivity contribution is -0.384. The van der Waals surface area contributed by atoms with E-state index in [-0.39, 0.29) is 16.3 Å². The van der Waals surface area contributed by atoms with E-state index >= 15 is 0 Å². The van der Waals surface area contributed by atoms with E-state index < -0.39 is 21.1 Å². The molecule has 0 heterocycles. The summed E-state index contributed by atoms with van der Waals surface area (Å²) in [6.45, 7) is 0. The van der Waals surface area contributed by atoms with Gasteiger partial charge in [-0.05, 0) is 12.1 Å². The summed E-state index contributed by atoms with van der Waals surface area (Å²) in [7, 11) is -0.933. The largest absolute Gasteiger partial charge is 0.355 e. The van der Waals surface area contributed by atoms with E-state index in [0.717, 1.165) is 12.1 Å². The average Bonchev–Trinajstić information content (AvgIpc) is 2.36. The molecule has 0 atom stereocenters. The second-order valence-electron chi connectivity index (χ2n) is 3.43. The van der Waals surface area contributed by atoms with Crippen LogP contribution in [0, 0.1) is 10.1 Å². The van der Waals surface area contributed by atoms with Crippen LogP contribution < -0.4 is 0 Å². The fourth-order valence-corrected chi connectivity index (χ4v) is 2.66. The summed E-state index contributed by atoms with van der Waals surface area (Å²) in [6, 6.07) is 4.66. The fraction of sp³-hybridized carbons (Fsp3) is 0.400. The Balaban J connectivity index is 2.95. The minimum absolute atomic E-state index is 0.00722. The van der Waals surface area contributed by atoms with Gasteiger partial charge in [0.05, 0.1) is 9.82 Å². The Labute approximate surface area is 104 Å². The zero-order valence-electron chi connectivity index (χ0n) is 9.90. The molecular weight excluding hydrogens is 262 g/mol. The van der Waals surface area contributed by atoms with Crippen molar-refractivity contribution in [3.8, 4) is 0 Å². The summed E-state index contributed by atoms with van der Waals surface area (Å²) in [5, 5.41) is 10.4. The molecular formula is C10H13NO6S. The molecule has 0 spiro atoms. The first-order valence-electron chi connectivity index (χ1n) is 4.93. The molecule has 0 bridgehead atoms. The molecule has 7 nitrogen and oxygen atoms in total. The van der Waals surface area contributed by atoms with E-state index in [1.165, 1.54) is 26.4 Å². The smallest absolute Gasteiger partial charge is 0.269 e. The van der Waals surface area contributed by atoms with Crippen LogP contribution in [0.1, 0.15) is 0 Å². The summed E-state index contributed by atoms with van der Waals surface area (Å²) in [6.07, 6.45) is -0.870. The van der Waals surface area contributed by atoms with Gasteiger partial charge in [-0.2, -0.15) is 0 Å². The molecule has 18 heavy (non-hydrogen) atoms. The van der Waals surface area contributed by atoms with Gasteiger partial charge in [0.15, 0.2) is 16.1 Å². The number of sulfone groups is 1. The van der Waals surface area contributed by atoms with Crippen LogP contribution in [0.5, 0.6) is 0 Å². The summed E-state index contributed by atoms with van der Waals surface area (Å²) in [5.74, 6) is -0.349. The first-order valence-corrected chi connectivity index (χ1v) is 6.58.